The molecular weight excluding hydrogens is 408 g/mol. The second-order valence-electron chi connectivity index (χ2n) is 6.53. The maximum atomic E-state index is 12.3. The average molecular weight is 427 g/mol. The maximum absolute atomic E-state index is 12.3. The van der Waals surface area contributed by atoms with Gasteiger partial charge in [-0.15, -0.1) is 0 Å². The summed E-state index contributed by atoms with van der Waals surface area (Å²) in [5, 5.41) is 5.68. The van der Waals surface area contributed by atoms with Gasteiger partial charge in [0.25, 0.3) is 0 Å². The number of pyridine rings is 1. The number of nitrogens with one attached hydrogen (secondary N) is 2. The molecule has 3 aromatic rings. The van der Waals surface area contributed by atoms with Gasteiger partial charge in [0.15, 0.2) is 5.82 Å². The van der Waals surface area contributed by atoms with Crippen LogP contribution in [0.5, 0.6) is 0 Å². The first-order valence-corrected chi connectivity index (χ1v) is 9.37. The summed E-state index contributed by atoms with van der Waals surface area (Å²) in [6.45, 7) is 4.38. The molecule has 0 bridgehead atoms. The van der Waals surface area contributed by atoms with Gasteiger partial charge in [0.05, 0.1) is 12.1 Å². The van der Waals surface area contributed by atoms with Gasteiger partial charge in [0.2, 0.25) is 23.7 Å². The van der Waals surface area contributed by atoms with E-state index in [0.29, 0.717) is 21.9 Å². The molecule has 30 heavy (non-hydrogen) atoms. The minimum atomic E-state index is -0.361. The molecule has 3 amide bonds. The predicted molar refractivity (Wildman–Crippen MR) is 114 cm³/mol. The van der Waals surface area contributed by atoms with Gasteiger partial charge in [-0.3, -0.25) is 24.6 Å². The zero-order chi connectivity index (χ0) is 21.8. The van der Waals surface area contributed by atoms with E-state index in [1.54, 1.807) is 24.3 Å². The quantitative estimate of drug-likeness (QED) is 0.647. The Hall–Kier alpha value is -3.59. The van der Waals surface area contributed by atoms with Crippen molar-refractivity contribution in [2.24, 2.45) is 0 Å². The number of rotatable bonds is 5. The van der Waals surface area contributed by atoms with Gasteiger partial charge in [0, 0.05) is 25.8 Å². The van der Waals surface area contributed by atoms with Crippen LogP contribution in [0.3, 0.4) is 0 Å². The van der Waals surface area contributed by atoms with E-state index in [4.69, 9.17) is 11.6 Å². The highest BCUT2D eigenvalue weighted by Crippen LogP contribution is 2.25. The molecule has 0 unspecified atom stereocenters. The molecule has 0 radical (unpaired) electrons. The van der Waals surface area contributed by atoms with Crippen LogP contribution in [0.15, 0.2) is 36.4 Å². The molecule has 0 spiro atoms. The van der Waals surface area contributed by atoms with E-state index < -0.39 is 0 Å². The summed E-state index contributed by atoms with van der Waals surface area (Å²) in [4.78, 5) is 49.7. The van der Waals surface area contributed by atoms with E-state index in [2.05, 4.69) is 25.6 Å². The summed E-state index contributed by atoms with van der Waals surface area (Å²) in [6, 6.07) is 10.4. The maximum Gasteiger partial charge on any atom is 0.232 e. The third-order valence-corrected chi connectivity index (χ3v) is 4.27. The van der Waals surface area contributed by atoms with Crippen LogP contribution in [-0.4, -0.2) is 32.7 Å². The molecule has 2 N–H and O–H groups in total. The molecular formula is C20H19ClN6O3. The van der Waals surface area contributed by atoms with Crippen molar-refractivity contribution in [3.63, 3.8) is 0 Å². The van der Waals surface area contributed by atoms with Gasteiger partial charge in [-0.25, -0.2) is 9.97 Å². The Morgan fingerprint density at radius 1 is 0.900 bits per heavy atom. The normalized spacial score (nSPS) is 10.5. The van der Waals surface area contributed by atoms with Crippen molar-refractivity contribution >= 4 is 57.9 Å². The topological polar surface area (TPSA) is 117 Å². The van der Waals surface area contributed by atoms with Gasteiger partial charge < -0.3 is 5.32 Å². The monoisotopic (exact) mass is 426 g/mol. The number of hydrogen-bond donors (Lipinski definition) is 2. The SMILES string of the molecule is CC(=O)Nc1nc(NC(C)=O)c2nc(N(Cc3ccc(Cl)cc3)C(C)=O)ccc2n1. The van der Waals surface area contributed by atoms with Crippen LogP contribution in [0.4, 0.5) is 17.6 Å². The van der Waals surface area contributed by atoms with Crippen LogP contribution in [-0.2, 0) is 20.9 Å². The zero-order valence-corrected chi connectivity index (χ0v) is 17.3. The highest BCUT2D eigenvalue weighted by atomic mass is 35.5. The van der Waals surface area contributed by atoms with E-state index in [1.807, 2.05) is 12.1 Å². The first-order chi connectivity index (χ1) is 14.2. The van der Waals surface area contributed by atoms with Crippen LogP contribution in [0, 0.1) is 0 Å². The first-order valence-electron chi connectivity index (χ1n) is 8.99. The van der Waals surface area contributed by atoms with Gasteiger partial charge in [-0.05, 0) is 29.8 Å². The number of halogens is 1. The van der Waals surface area contributed by atoms with E-state index in [9.17, 15) is 14.4 Å². The summed E-state index contributed by atoms with van der Waals surface area (Å²) in [6.07, 6.45) is 0. The Balaban J connectivity index is 2.06. The number of nitrogens with zero attached hydrogens (tertiary/aromatic N) is 4. The van der Waals surface area contributed by atoms with Crippen LogP contribution < -0.4 is 15.5 Å². The Morgan fingerprint density at radius 3 is 2.17 bits per heavy atom. The Morgan fingerprint density at radius 2 is 1.57 bits per heavy atom. The molecule has 10 heteroatoms. The number of aromatic nitrogens is 3. The van der Waals surface area contributed by atoms with E-state index in [-0.39, 0.29) is 36.0 Å². The molecule has 0 atom stereocenters. The van der Waals surface area contributed by atoms with Crippen molar-refractivity contribution in [2.45, 2.75) is 27.3 Å². The Labute approximate surface area is 177 Å². The van der Waals surface area contributed by atoms with Crippen molar-refractivity contribution < 1.29 is 14.4 Å². The van der Waals surface area contributed by atoms with Gasteiger partial charge in [-0.1, -0.05) is 23.7 Å². The van der Waals surface area contributed by atoms with Crippen LogP contribution in [0.1, 0.15) is 26.3 Å². The Kier molecular flexibility index (Phi) is 6.22. The molecule has 9 nitrogen and oxygen atoms in total. The highest BCUT2D eigenvalue weighted by Gasteiger charge is 2.17. The van der Waals surface area contributed by atoms with E-state index in [0.717, 1.165) is 5.56 Å². The largest absolute Gasteiger partial charge is 0.309 e. The van der Waals surface area contributed by atoms with Crippen LogP contribution >= 0.6 is 11.6 Å². The molecule has 2 heterocycles. The molecule has 2 aromatic heterocycles. The highest BCUT2D eigenvalue weighted by molar-refractivity contribution is 6.30. The third-order valence-electron chi connectivity index (χ3n) is 4.02. The number of hydrogen-bond acceptors (Lipinski definition) is 6. The fourth-order valence-electron chi connectivity index (χ4n) is 2.75. The molecule has 1 aromatic carbocycles. The fourth-order valence-corrected chi connectivity index (χ4v) is 2.87. The minimum absolute atomic E-state index is 0.0397. The summed E-state index contributed by atoms with van der Waals surface area (Å²) >= 11 is 5.93. The summed E-state index contributed by atoms with van der Waals surface area (Å²) < 4.78 is 0. The Bertz CT molecular complexity index is 1130. The molecule has 0 saturated carbocycles. The zero-order valence-electron chi connectivity index (χ0n) is 16.6. The summed E-state index contributed by atoms with van der Waals surface area (Å²) in [5.41, 5.74) is 1.56. The molecule has 0 fully saturated rings. The molecule has 154 valence electrons. The number of anilines is 3. The van der Waals surface area contributed by atoms with Gasteiger partial charge in [-0.2, -0.15) is 4.98 Å². The second kappa shape index (κ2) is 8.83. The van der Waals surface area contributed by atoms with Crippen molar-refractivity contribution in [1.29, 1.82) is 0 Å². The number of fused-ring (bicyclic) bond motifs is 1. The summed E-state index contributed by atoms with van der Waals surface area (Å²) in [7, 11) is 0. The van der Waals surface area contributed by atoms with Crippen molar-refractivity contribution in [2.75, 3.05) is 15.5 Å². The van der Waals surface area contributed by atoms with E-state index in [1.165, 1.54) is 25.7 Å². The number of benzene rings is 1. The molecule has 0 aliphatic heterocycles. The number of carbonyl (C=O) groups is 3. The lowest BCUT2D eigenvalue weighted by atomic mass is 10.2. The number of amides is 3. The average Bonchev–Trinajstić information content (AvgIpc) is 2.66. The minimum Gasteiger partial charge on any atom is -0.309 e. The van der Waals surface area contributed by atoms with Crippen LogP contribution in [0.25, 0.3) is 11.0 Å². The number of carbonyl (C=O) groups excluding carboxylic acids is 3. The third kappa shape index (κ3) is 5.06. The van der Waals surface area contributed by atoms with Crippen LogP contribution in [0.2, 0.25) is 5.02 Å². The van der Waals surface area contributed by atoms with Crippen molar-refractivity contribution in [1.82, 2.24) is 15.0 Å². The van der Waals surface area contributed by atoms with Crippen molar-refractivity contribution in [3.8, 4) is 0 Å². The second-order valence-corrected chi connectivity index (χ2v) is 6.96. The molecule has 3 rings (SSSR count). The fraction of sp³-hybridized carbons (Fsp3) is 0.200. The molecule has 0 aliphatic carbocycles. The lowest BCUT2D eigenvalue weighted by molar-refractivity contribution is -0.117. The predicted octanol–water partition coefficient (Wildman–Crippen LogP) is 3.15. The lowest BCUT2D eigenvalue weighted by Crippen LogP contribution is -2.28. The molecule has 0 saturated heterocycles. The first kappa shape index (κ1) is 21.1. The smallest absolute Gasteiger partial charge is 0.232 e. The summed E-state index contributed by atoms with van der Waals surface area (Å²) in [5.74, 6) is -0.383. The van der Waals surface area contributed by atoms with Gasteiger partial charge >= 0.3 is 0 Å². The standard InChI is InChI=1S/C20H19ClN6O3/c1-11(28)22-19-18-16(24-20(26-19)23-12(2)29)8-9-17(25-18)27(13(3)30)10-14-4-6-15(21)7-5-14/h4-9H,10H2,1-3H3,(H2,22,23,24,26,28,29). The van der Waals surface area contributed by atoms with Gasteiger partial charge in [0.1, 0.15) is 11.3 Å². The van der Waals surface area contributed by atoms with Crippen molar-refractivity contribution in [3.05, 3.63) is 47.0 Å². The van der Waals surface area contributed by atoms with E-state index >= 15 is 0 Å². The lowest BCUT2D eigenvalue weighted by Gasteiger charge is -2.21. The molecule has 0 aliphatic rings.